The lowest BCUT2D eigenvalue weighted by atomic mass is 9.86. The molecule has 1 aromatic carbocycles. The van der Waals surface area contributed by atoms with Gasteiger partial charge in [0.2, 0.25) is 0 Å². The van der Waals surface area contributed by atoms with Crippen molar-refractivity contribution >= 4 is 5.91 Å². The van der Waals surface area contributed by atoms with Gasteiger partial charge in [-0.3, -0.25) is 9.69 Å². The van der Waals surface area contributed by atoms with Crippen LogP contribution in [0.25, 0.3) is 0 Å². The van der Waals surface area contributed by atoms with Crippen LogP contribution in [-0.2, 0) is 5.41 Å². The zero-order valence-corrected chi connectivity index (χ0v) is 16.0. The summed E-state index contributed by atoms with van der Waals surface area (Å²) in [6, 6.07) is 8.13. The third-order valence-electron chi connectivity index (χ3n) is 4.74. The molecular formula is C20H33N3O. The average molecular weight is 332 g/mol. The SMILES string of the molecule is CN(C)CCCN1CCN(C(=O)c2ccc(C(C)(C)C)cc2)CC1. The highest BCUT2D eigenvalue weighted by Gasteiger charge is 2.22. The van der Waals surface area contributed by atoms with E-state index < -0.39 is 0 Å². The lowest BCUT2D eigenvalue weighted by Crippen LogP contribution is -2.49. The summed E-state index contributed by atoms with van der Waals surface area (Å²) in [6.07, 6.45) is 1.19. The van der Waals surface area contributed by atoms with Crippen molar-refractivity contribution in [2.24, 2.45) is 0 Å². The van der Waals surface area contributed by atoms with Crippen molar-refractivity contribution in [3.8, 4) is 0 Å². The number of benzene rings is 1. The molecule has 0 bridgehead atoms. The summed E-state index contributed by atoms with van der Waals surface area (Å²) >= 11 is 0. The van der Waals surface area contributed by atoms with Crippen LogP contribution in [0.4, 0.5) is 0 Å². The second kappa shape index (κ2) is 8.13. The van der Waals surface area contributed by atoms with E-state index in [4.69, 9.17) is 0 Å². The quantitative estimate of drug-likeness (QED) is 0.830. The zero-order valence-electron chi connectivity index (χ0n) is 16.0. The Labute approximate surface area is 147 Å². The Balaban J connectivity index is 1.84. The number of hydrogen-bond donors (Lipinski definition) is 0. The highest BCUT2D eigenvalue weighted by Crippen LogP contribution is 2.22. The van der Waals surface area contributed by atoms with Gasteiger partial charge in [-0.05, 0) is 56.7 Å². The van der Waals surface area contributed by atoms with Crippen molar-refractivity contribution in [3.63, 3.8) is 0 Å². The van der Waals surface area contributed by atoms with Gasteiger partial charge in [0.05, 0.1) is 0 Å². The Kier molecular flexibility index (Phi) is 6.41. The lowest BCUT2D eigenvalue weighted by Gasteiger charge is -2.35. The summed E-state index contributed by atoms with van der Waals surface area (Å²) < 4.78 is 0. The molecule has 0 aromatic heterocycles. The maximum atomic E-state index is 12.7. The van der Waals surface area contributed by atoms with E-state index >= 15 is 0 Å². The van der Waals surface area contributed by atoms with Crippen molar-refractivity contribution in [1.82, 2.24) is 14.7 Å². The fraction of sp³-hybridized carbons (Fsp3) is 0.650. The highest BCUT2D eigenvalue weighted by molar-refractivity contribution is 5.94. The Morgan fingerprint density at radius 3 is 2.12 bits per heavy atom. The molecule has 4 nitrogen and oxygen atoms in total. The van der Waals surface area contributed by atoms with E-state index in [1.807, 2.05) is 17.0 Å². The predicted octanol–water partition coefficient (Wildman–Crippen LogP) is 2.69. The smallest absolute Gasteiger partial charge is 0.253 e. The molecular weight excluding hydrogens is 298 g/mol. The predicted molar refractivity (Wildman–Crippen MR) is 101 cm³/mol. The van der Waals surface area contributed by atoms with Crippen molar-refractivity contribution in [3.05, 3.63) is 35.4 Å². The monoisotopic (exact) mass is 331 g/mol. The van der Waals surface area contributed by atoms with Crippen LogP contribution >= 0.6 is 0 Å². The van der Waals surface area contributed by atoms with E-state index in [9.17, 15) is 4.79 Å². The standard InChI is InChI=1S/C20H33N3O/c1-20(2,3)18-9-7-17(8-10-18)19(24)23-15-13-22(14-16-23)12-6-11-21(4)5/h7-10H,6,11-16H2,1-5H3. The number of nitrogens with zero attached hydrogens (tertiary/aromatic N) is 3. The first-order valence-corrected chi connectivity index (χ1v) is 9.04. The number of piperazine rings is 1. The van der Waals surface area contributed by atoms with Gasteiger partial charge in [-0.1, -0.05) is 32.9 Å². The topological polar surface area (TPSA) is 26.8 Å². The summed E-state index contributed by atoms with van der Waals surface area (Å²) in [6.45, 7) is 12.5. The molecule has 0 saturated carbocycles. The number of hydrogen-bond acceptors (Lipinski definition) is 3. The molecule has 0 atom stereocenters. The first kappa shape index (κ1) is 18.9. The number of amides is 1. The van der Waals surface area contributed by atoms with Crippen molar-refractivity contribution < 1.29 is 4.79 Å². The van der Waals surface area contributed by atoms with E-state index in [2.05, 4.69) is 56.8 Å². The fourth-order valence-corrected chi connectivity index (χ4v) is 3.08. The molecule has 1 aromatic rings. The van der Waals surface area contributed by atoms with Gasteiger partial charge < -0.3 is 9.80 Å². The molecule has 1 fully saturated rings. The molecule has 1 saturated heterocycles. The first-order chi connectivity index (χ1) is 11.3. The van der Waals surface area contributed by atoms with Gasteiger partial charge in [-0.2, -0.15) is 0 Å². The molecule has 1 aliphatic rings. The summed E-state index contributed by atoms with van der Waals surface area (Å²) in [5.41, 5.74) is 2.20. The highest BCUT2D eigenvalue weighted by atomic mass is 16.2. The Hall–Kier alpha value is -1.39. The fourth-order valence-electron chi connectivity index (χ4n) is 3.08. The van der Waals surface area contributed by atoms with Crippen molar-refractivity contribution in [2.75, 3.05) is 53.4 Å². The molecule has 0 N–H and O–H groups in total. The van der Waals surface area contributed by atoms with Gasteiger partial charge in [0.1, 0.15) is 0 Å². The van der Waals surface area contributed by atoms with Crippen LogP contribution in [0.5, 0.6) is 0 Å². The largest absolute Gasteiger partial charge is 0.336 e. The van der Waals surface area contributed by atoms with E-state index in [0.29, 0.717) is 0 Å². The van der Waals surface area contributed by atoms with Crippen LogP contribution in [0.1, 0.15) is 43.1 Å². The Morgan fingerprint density at radius 1 is 1.04 bits per heavy atom. The maximum absolute atomic E-state index is 12.7. The zero-order chi connectivity index (χ0) is 17.7. The molecule has 0 spiro atoms. The Morgan fingerprint density at radius 2 is 1.62 bits per heavy atom. The van der Waals surface area contributed by atoms with E-state index in [1.165, 1.54) is 12.0 Å². The molecule has 0 radical (unpaired) electrons. The minimum absolute atomic E-state index is 0.125. The van der Waals surface area contributed by atoms with Crippen LogP contribution < -0.4 is 0 Å². The molecule has 1 amide bonds. The third kappa shape index (κ3) is 5.32. The van der Waals surface area contributed by atoms with E-state index in [-0.39, 0.29) is 11.3 Å². The summed E-state index contributed by atoms with van der Waals surface area (Å²) in [5.74, 6) is 0.170. The Bertz CT molecular complexity index is 523. The van der Waals surface area contributed by atoms with Gasteiger partial charge in [-0.15, -0.1) is 0 Å². The first-order valence-electron chi connectivity index (χ1n) is 9.04. The lowest BCUT2D eigenvalue weighted by molar-refractivity contribution is 0.0633. The summed E-state index contributed by atoms with van der Waals surface area (Å²) in [4.78, 5) is 19.4. The van der Waals surface area contributed by atoms with Gasteiger partial charge >= 0.3 is 0 Å². The molecule has 1 aliphatic heterocycles. The molecule has 2 rings (SSSR count). The number of rotatable bonds is 5. The third-order valence-corrected chi connectivity index (χ3v) is 4.74. The van der Waals surface area contributed by atoms with Crippen molar-refractivity contribution in [1.29, 1.82) is 0 Å². The molecule has 4 heteroatoms. The molecule has 0 unspecified atom stereocenters. The maximum Gasteiger partial charge on any atom is 0.253 e. The summed E-state index contributed by atoms with van der Waals surface area (Å²) in [5, 5.41) is 0. The number of carbonyl (C=O) groups excluding carboxylic acids is 1. The second-order valence-corrected chi connectivity index (χ2v) is 8.12. The molecule has 134 valence electrons. The minimum atomic E-state index is 0.125. The van der Waals surface area contributed by atoms with Crippen LogP contribution in [0, 0.1) is 0 Å². The molecule has 0 aliphatic carbocycles. The van der Waals surface area contributed by atoms with Crippen molar-refractivity contribution in [2.45, 2.75) is 32.6 Å². The molecule has 24 heavy (non-hydrogen) atoms. The van der Waals surface area contributed by atoms with Gasteiger partial charge in [0.15, 0.2) is 0 Å². The van der Waals surface area contributed by atoms with Gasteiger partial charge in [-0.25, -0.2) is 0 Å². The minimum Gasteiger partial charge on any atom is -0.336 e. The van der Waals surface area contributed by atoms with E-state index in [0.717, 1.165) is 44.8 Å². The van der Waals surface area contributed by atoms with Gasteiger partial charge in [0, 0.05) is 31.7 Å². The second-order valence-electron chi connectivity index (χ2n) is 8.12. The summed E-state index contributed by atoms with van der Waals surface area (Å²) in [7, 11) is 4.23. The average Bonchev–Trinajstić information content (AvgIpc) is 2.54. The van der Waals surface area contributed by atoms with Crippen LogP contribution in [-0.4, -0.2) is 74.0 Å². The normalized spacial score (nSPS) is 16.7. The van der Waals surface area contributed by atoms with Crippen LogP contribution in [0.15, 0.2) is 24.3 Å². The number of carbonyl (C=O) groups is 1. The molecule has 1 heterocycles. The van der Waals surface area contributed by atoms with E-state index in [1.54, 1.807) is 0 Å². The van der Waals surface area contributed by atoms with Gasteiger partial charge in [0.25, 0.3) is 5.91 Å². The van der Waals surface area contributed by atoms with Crippen LogP contribution in [0.2, 0.25) is 0 Å². The van der Waals surface area contributed by atoms with Crippen LogP contribution in [0.3, 0.4) is 0 Å².